The van der Waals surface area contributed by atoms with E-state index in [2.05, 4.69) is 25.7 Å². The molecule has 1 aliphatic heterocycles. The minimum Gasteiger partial charge on any atom is -0.344 e. The maximum atomic E-state index is 12.7. The Hall–Kier alpha value is -2.25. The van der Waals surface area contributed by atoms with Crippen molar-refractivity contribution in [3.8, 4) is 0 Å². The van der Waals surface area contributed by atoms with Crippen LogP contribution in [0.4, 0.5) is 0 Å². The summed E-state index contributed by atoms with van der Waals surface area (Å²) < 4.78 is 7.46. The Labute approximate surface area is 152 Å². The molecule has 2 aromatic heterocycles. The lowest BCUT2D eigenvalue weighted by Crippen LogP contribution is -2.37. The smallest absolute Gasteiger partial charge is 0.248 e. The number of amides is 1. The van der Waals surface area contributed by atoms with Gasteiger partial charge in [-0.1, -0.05) is 24.4 Å². The molecule has 2 atom stereocenters. The predicted molar refractivity (Wildman–Crippen MR) is 93.3 cm³/mol. The summed E-state index contributed by atoms with van der Waals surface area (Å²) in [7, 11) is 0. The van der Waals surface area contributed by atoms with Gasteiger partial charge < -0.3 is 14.4 Å². The van der Waals surface area contributed by atoms with Gasteiger partial charge in [0.15, 0.2) is 5.82 Å². The molecule has 0 radical (unpaired) electrons. The molecule has 1 aliphatic carbocycles. The number of nitrogens with one attached hydrogen (secondary N) is 1. The Kier molecular flexibility index (Phi) is 4.74. The molecule has 140 valence electrons. The molecular weight excluding hydrogens is 332 g/mol. The van der Waals surface area contributed by atoms with Gasteiger partial charge in [-0.3, -0.25) is 4.79 Å². The maximum Gasteiger partial charge on any atom is 0.248 e. The second-order valence-electron chi connectivity index (χ2n) is 7.57. The van der Waals surface area contributed by atoms with Gasteiger partial charge in [-0.05, 0) is 33.1 Å². The molecule has 0 bridgehead atoms. The van der Waals surface area contributed by atoms with Crippen molar-refractivity contribution in [2.45, 2.75) is 77.3 Å². The lowest BCUT2D eigenvalue weighted by molar-refractivity contribution is -0.126. The Balaban J connectivity index is 1.37. The first-order valence-corrected chi connectivity index (χ1v) is 9.64. The monoisotopic (exact) mass is 358 g/mol. The second kappa shape index (κ2) is 7.17. The fourth-order valence-corrected chi connectivity index (χ4v) is 4.02. The van der Waals surface area contributed by atoms with Crippen molar-refractivity contribution < 1.29 is 9.32 Å². The van der Waals surface area contributed by atoms with Crippen LogP contribution < -0.4 is 5.32 Å². The van der Waals surface area contributed by atoms with Crippen LogP contribution in [0.5, 0.6) is 0 Å². The molecule has 4 rings (SSSR count). The average molecular weight is 358 g/mol. The number of fused-ring (bicyclic) bond motifs is 1. The zero-order valence-corrected chi connectivity index (χ0v) is 15.4. The summed E-state index contributed by atoms with van der Waals surface area (Å²) in [5, 5.41) is 15.4. The Morgan fingerprint density at radius 2 is 2.04 bits per heavy atom. The van der Waals surface area contributed by atoms with Crippen LogP contribution in [0.25, 0.3) is 0 Å². The summed E-state index contributed by atoms with van der Waals surface area (Å²) in [6, 6.07) is -0.282. The lowest BCUT2D eigenvalue weighted by atomic mass is 9.89. The lowest BCUT2D eigenvalue weighted by Gasteiger charge is -2.24. The molecule has 0 saturated heterocycles. The van der Waals surface area contributed by atoms with E-state index in [-0.39, 0.29) is 17.9 Å². The van der Waals surface area contributed by atoms with Gasteiger partial charge in [-0.25, -0.2) is 0 Å². The van der Waals surface area contributed by atoms with Gasteiger partial charge in [-0.2, -0.15) is 4.98 Å². The van der Waals surface area contributed by atoms with Crippen molar-refractivity contribution in [2.75, 3.05) is 0 Å². The van der Waals surface area contributed by atoms with Crippen LogP contribution in [-0.2, 0) is 17.8 Å². The zero-order chi connectivity index (χ0) is 18.1. The summed E-state index contributed by atoms with van der Waals surface area (Å²) in [5.74, 6) is 3.46. The van der Waals surface area contributed by atoms with Gasteiger partial charge in [0.1, 0.15) is 17.7 Å². The quantitative estimate of drug-likeness (QED) is 0.901. The largest absolute Gasteiger partial charge is 0.344 e. The van der Waals surface area contributed by atoms with Crippen molar-refractivity contribution in [1.82, 2.24) is 30.2 Å². The molecule has 8 nitrogen and oxygen atoms in total. The van der Waals surface area contributed by atoms with Crippen LogP contribution in [0, 0.1) is 12.8 Å². The fourth-order valence-electron chi connectivity index (χ4n) is 4.02. The number of aromatic nitrogens is 5. The van der Waals surface area contributed by atoms with Crippen LogP contribution in [-0.4, -0.2) is 30.8 Å². The predicted octanol–water partition coefficient (Wildman–Crippen LogP) is 2.46. The molecule has 1 fully saturated rings. The van der Waals surface area contributed by atoms with Crippen LogP contribution in [0.1, 0.15) is 80.8 Å². The molecule has 0 spiro atoms. The van der Waals surface area contributed by atoms with Gasteiger partial charge >= 0.3 is 0 Å². The van der Waals surface area contributed by atoms with Crippen molar-refractivity contribution in [3.05, 3.63) is 23.4 Å². The number of carbonyl (C=O) groups excluding carboxylic acids is 1. The SMILES string of the molecule is Cc1nnc2n1C[C@@H](C(=O)N[C@H](C)c1nc(C3CCCCC3)no1)CC2. The Morgan fingerprint density at radius 3 is 2.85 bits per heavy atom. The number of rotatable bonds is 4. The normalized spacial score (nSPS) is 22.0. The van der Waals surface area contributed by atoms with E-state index >= 15 is 0 Å². The van der Waals surface area contributed by atoms with Gasteiger partial charge in [0, 0.05) is 18.9 Å². The first kappa shape index (κ1) is 17.2. The van der Waals surface area contributed by atoms with E-state index in [0.29, 0.717) is 18.4 Å². The van der Waals surface area contributed by atoms with Gasteiger partial charge in [-0.15, -0.1) is 10.2 Å². The van der Waals surface area contributed by atoms with Crippen LogP contribution >= 0.6 is 0 Å². The van der Waals surface area contributed by atoms with E-state index in [1.54, 1.807) is 0 Å². The third-order valence-corrected chi connectivity index (χ3v) is 5.66. The van der Waals surface area contributed by atoms with Crippen molar-refractivity contribution >= 4 is 5.91 Å². The maximum absolute atomic E-state index is 12.7. The van der Waals surface area contributed by atoms with Gasteiger partial charge in [0.2, 0.25) is 11.8 Å². The molecule has 0 unspecified atom stereocenters. The van der Waals surface area contributed by atoms with E-state index in [4.69, 9.17) is 4.52 Å². The summed E-state index contributed by atoms with van der Waals surface area (Å²) in [5.41, 5.74) is 0. The number of carbonyl (C=O) groups is 1. The molecule has 1 amide bonds. The molecular formula is C18H26N6O2. The third kappa shape index (κ3) is 3.37. The van der Waals surface area contributed by atoms with Crippen molar-refractivity contribution in [1.29, 1.82) is 0 Å². The minimum absolute atomic E-state index is 0.0219. The molecule has 2 aromatic rings. The molecule has 0 aromatic carbocycles. The third-order valence-electron chi connectivity index (χ3n) is 5.66. The highest BCUT2D eigenvalue weighted by Crippen LogP contribution is 2.31. The molecule has 8 heteroatoms. The van der Waals surface area contributed by atoms with Crippen LogP contribution in [0.2, 0.25) is 0 Å². The standard InChI is InChI=1S/C18H26N6O2/c1-11(18-20-16(23-26-18)13-6-4-3-5-7-13)19-17(25)14-8-9-15-22-21-12(2)24(15)10-14/h11,13-14H,3-10H2,1-2H3,(H,19,25)/t11-,14+/m1/s1. The highest BCUT2D eigenvalue weighted by Gasteiger charge is 2.29. The minimum atomic E-state index is -0.282. The topological polar surface area (TPSA) is 98.7 Å². The van der Waals surface area contributed by atoms with Gasteiger partial charge in [0.25, 0.3) is 0 Å². The Morgan fingerprint density at radius 1 is 1.23 bits per heavy atom. The molecule has 2 aliphatic rings. The number of hydrogen-bond acceptors (Lipinski definition) is 6. The Bertz CT molecular complexity index is 776. The van der Waals surface area contributed by atoms with E-state index in [9.17, 15) is 4.79 Å². The summed E-state index contributed by atoms with van der Waals surface area (Å²) in [6.45, 7) is 4.45. The number of nitrogens with zero attached hydrogens (tertiary/aromatic N) is 5. The summed E-state index contributed by atoms with van der Waals surface area (Å²) in [6.07, 6.45) is 7.57. The second-order valence-corrected chi connectivity index (χ2v) is 7.57. The van der Waals surface area contributed by atoms with Crippen molar-refractivity contribution in [3.63, 3.8) is 0 Å². The van der Waals surface area contributed by atoms with E-state index in [1.165, 1.54) is 19.3 Å². The first-order chi connectivity index (χ1) is 12.6. The van der Waals surface area contributed by atoms with E-state index in [0.717, 1.165) is 43.2 Å². The van der Waals surface area contributed by atoms with E-state index in [1.807, 2.05) is 18.4 Å². The number of hydrogen-bond donors (Lipinski definition) is 1. The first-order valence-electron chi connectivity index (χ1n) is 9.64. The van der Waals surface area contributed by atoms with Crippen LogP contribution in [0.15, 0.2) is 4.52 Å². The highest BCUT2D eigenvalue weighted by atomic mass is 16.5. The van der Waals surface area contributed by atoms with E-state index < -0.39 is 0 Å². The molecule has 26 heavy (non-hydrogen) atoms. The molecule has 1 N–H and O–H groups in total. The molecule has 3 heterocycles. The van der Waals surface area contributed by atoms with Gasteiger partial charge in [0.05, 0.1) is 5.92 Å². The average Bonchev–Trinajstić information content (AvgIpc) is 3.30. The fraction of sp³-hybridized carbons (Fsp3) is 0.722. The summed E-state index contributed by atoms with van der Waals surface area (Å²) in [4.78, 5) is 17.2. The number of aryl methyl sites for hydroxylation is 2. The van der Waals surface area contributed by atoms with Crippen LogP contribution in [0.3, 0.4) is 0 Å². The molecule has 1 saturated carbocycles. The van der Waals surface area contributed by atoms with Crippen molar-refractivity contribution in [2.24, 2.45) is 5.92 Å². The zero-order valence-electron chi connectivity index (χ0n) is 15.4. The highest BCUT2D eigenvalue weighted by molar-refractivity contribution is 5.79. The summed E-state index contributed by atoms with van der Waals surface area (Å²) >= 11 is 0.